The van der Waals surface area contributed by atoms with Crippen molar-refractivity contribution in [2.45, 2.75) is 12.8 Å². The van der Waals surface area contributed by atoms with Crippen LogP contribution in [0.25, 0.3) is 0 Å². The van der Waals surface area contributed by atoms with Gasteiger partial charge >= 0.3 is 0 Å². The standard InChI is InChI=1S/C10H9Cl3O/c11-5-1-2-7-3-4-8(10(13)14)9(12)6-7/h3-4,6H,1-2,5H2. The molecule has 1 nitrogen and oxygen atoms in total. The molecule has 0 bridgehead atoms. The molecule has 0 aliphatic heterocycles. The van der Waals surface area contributed by atoms with Crippen LogP contribution in [0.1, 0.15) is 22.3 Å². The molecule has 0 unspecified atom stereocenters. The molecule has 0 radical (unpaired) electrons. The van der Waals surface area contributed by atoms with Gasteiger partial charge in [-0.05, 0) is 42.1 Å². The second kappa shape index (κ2) is 5.59. The van der Waals surface area contributed by atoms with Crippen molar-refractivity contribution < 1.29 is 4.79 Å². The van der Waals surface area contributed by atoms with Crippen molar-refractivity contribution in [1.29, 1.82) is 0 Å². The Morgan fingerprint density at radius 1 is 1.36 bits per heavy atom. The summed E-state index contributed by atoms with van der Waals surface area (Å²) in [6, 6.07) is 5.24. The van der Waals surface area contributed by atoms with E-state index >= 15 is 0 Å². The summed E-state index contributed by atoms with van der Waals surface area (Å²) in [6.07, 6.45) is 1.76. The van der Waals surface area contributed by atoms with E-state index in [1.54, 1.807) is 12.1 Å². The first-order valence-corrected chi connectivity index (χ1v) is 5.48. The van der Waals surface area contributed by atoms with Gasteiger partial charge in [0.1, 0.15) is 0 Å². The molecule has 0 heterocycles. The summed E-state index contributed by atoms with van der Waals surface area (Å²) in [5.41, 5.74) is 1.42. The summed E-state index contributed by atoms with van der Waals surface area (Å²) >= 11 is 16.8. The molecule has 4 heteroatoms. The van der Waals surface area contributed by atoms with E-state index in [0.29, 0.717) is 16.5 Å². The number of aryl methyl sites for hydroxylation is 1. The van der Waals surface area contributed by atoms with Gasteiger partial charge in [-0.1, -0.05) is 17.7 Å². The van der Waals surface area contributed by atoms with Crippen LogP contribution in [-0.2, 0) is 6.42 Å². The van der Waals surface area contributed by atoms with E-state index in [1.165, 1.54) is 0 Å². The summed E-state index contributed by atoms with van der Waals surface area (Å²) < 4.78 is 0. The molecule has 0 atom stereocenters. The summed E-state index contributed by atoms with van der Waals surface area (Å²) in [5.74, 6) is 0.619. The van der Waals surface area contributed by atoms with E-state index in [4.69, 9.17) is 34.8 Å². The van der Waals surface area contributed by atoms with E-state index < -0.39 is 5.24 Å². The normalized spacial score (nSPS) is 10.2. The molecule has 1 aromatic rings. The Labute approximate surface area is 98.0 Å². The van der Waals surface area contributed by atoms with Gasteiger partial charge in [0.15, 0.2) is 0 Å². The van der Waals surface area contributed by atoms with Crippen LogP contribution in [0.3, 0.4) is 0 Å². The Balaban J connectivity index is 2.83. The van der Waals surface area contributed by atoms with Crippen LogP contribution in [0, 0.1) is 0 Å². The highest BCUT2D eigenvalue weighted by molar-refractivity contribution is 6.68. The van der Waals surface area contributed by atoms with Crippen LogP contribution in [0.15, 0.2) is 18.2 Å². The maximum Gasteiger partial charge on any atom is 0.253 e. The summed E-state index contributed by atoms with van der Waals surface area (Å²) in [4.78, 5) is 10.9. The van der Waals surface area contributed by atoms with Gasteiger partial charge in [-0.2, -0.15) is 0 Å². The molecule has 0 saturated heterocycles. The number of carbonyl (C=O) groups is 1. The quantitative estimate of drug-likeness (QED) is 0.586. The molecule has 76 valence electrons. The summed E-state index contributed by atoms with van der Waals surface area (Å²) in [6.45, 7) is 0. The van der Waals surface area contributed by atoms with Crippen LogP contribution >= 0.6 is 34.8 Å². The van der Waals surface area contributed by atoms with E-state index in [2.05, 4.69) is 0 Å². The van der Waals surface area contributed by atoms with Crippen LogP contribution in [0.4, 0.5) is 0 Å². The van der Waals surface area contributed by atoms with E-state index in [0.717, 1.165) is 18.4 Å². The fourth-order valence-electron chi connectivity index (χ4n) is 1.14. The highest BCUT2D eigenvalue weighted by Crippen LogP contribution is 2.20. The molecule has 0 N–H and O–H groups in total. The zero-order valence-corrected chi connectivity index (χ0v) is 9.66. The van der Waals surface area contributed by atoms with E-state index in [9.17, 15) is 4.79 Å². The third-order valence-corrected chi connectivity index (χ3v) is 2.63. The van der Waals surface area contributed by atoms with Crippen LogP contribution in [0.2, 0.25) is 5.02 Å². The number of hydrogen-bond donors (Lipinski definition) is 0. The second-order valence-corrected chi connectivity index (χ2v) is 4.01. The Morgan fingerprint density at radius 2 is 2.07 bits per heavy atom. The minimum absolute atomic E-state index is 0.350. The van der Waals surface area contributed by atoms with Gasteiger partial charge in [0.2, 0.25) is 0 Å². The predicted molar refractivity (Wildman–Crippen MR) is 60.7 cm³/mol. The van der Waals surface area contributed by atoms with E-state index in [-0.39, 0.29) is 0 Å². The number of alkyl halides is 1. The number of carbonyl (C=O) groups excluding carboxylic acids is 1. The topological polar surface area (TPSA) is 17.1 Å². The average Bonchev–Trinajstić information content (AvgIpc) is 2.14. The minimum Gasteiger partial charge on any atom is -0.276 e. The molecule has 0 amide bonds. The first kappa shape index (κ1) is 11.8. The molecule has 14 heavy (non-hydrogen) atoms. The van der Waals surface area contributed by atoms with Crippen LogP contribution in [-0.4, -0.2) is 11.1 Å². The van der Waals surface area contributed by atoms with Crippen molar-refractivity contribution in [2.24, 2.45) is 0 Å². The summed E-state index contributed by atoms with van der Waals surface area (Å²) in [5, 5.41) is -0.129. The Hall–Kier alpha value is -0.240. The molecule has 1 aromatic carbocycles. The number of hydrogen-bond acceptors (Lipinski definition) is 1. The van der Waals surface area contributed by atoms with Crippen LogP contribution in [0.5, 0.6) is 0 Å². The molecule has 0 fully saturated rings. The number of benzene rings is 1. The van der Waals surface area contributed by atoms with Crippen molar-refractivity contribution in [3.63, 3.8) is 0 Å². The lowest BCUT2D eigenvalue weighted by Gasteiger charge is -2.02. The van der Waals surface area contributed by atoms with Gasteiger partial charge in [0.25, 0.3) is 5.24 Å². The average molecular weight is 252 g/mol. The maximum atomic E-state index is 10.9. The molecule has 0 aromatic heterocycles. The first-order valence-electron chi connectivity index (χ1n) is 4.19. The molecule has 1 rings (SSSR count). The van der Waals surface area contributed by atoms with Crippen molar-refractivity contribution in [2.75, 3.05) is 5.88 Å². The van der Waals surface area contributed by atoms with E-state index in [1.807, 2.05) is 6.07 Å². The van der Waals surface area contributed by atoms with Crippen LogP contribution < -0.4 is 0 Å². The fourth-order valence-corrected chi connectivity index (χ4v) is 1.78. The highest BCUT2D eigenvalue weighted by atomic mass is 35.5. The predicted octanol–water partition coefficient (Wildman–Crippen LogP) is 3.89. The molecular formula is C10H9Cl3O. The van der Waals surface area contributed by atoms with Crippen molar-refractivity contribution in [3.05, 3.63) is 34.3 Å². The minimum atomic E-state index is -0.529. The fraction of sp³-hybridized carbons (Fsp3) is 0.300. The van der Waals surface area contributed by atoms with Gasteiger partial charge < -0.3 is 0 Å². The largest absolute Gasteiger partial charge is 0.276 e. The van der Waals surface area contributed by atoms with Gasteiger partial charge in [-0.3, -0.25) is 4.79 Å². The lowest BCUT2D eigenvalue weighted by atomic mass is 10.1. The third kappa shape index (κ3) is 3.16. The SMILES string of the molecule is O=C(Cl)c1ccc(CCCCl)cc1Cl. The maximum absolute atomic E-state index is 10.9. The second-order valence-electron chi connectivity index (χ2n) is 2.88. The van der Waals surface area contributed by atoms with Gasteiger partial charge in [0, 0.05) is 5.88 Å². The zero-order chi connectivity index (χ0) is 10.6. The van der Waals surface area contributed by atoms with Crippen molar-refractivity contribution in [1.82, 2.24) is 0 Å². The van der Waals surface area contributed by atoms with Gasteiger partial charge in [-0.25, -0.2) is 0 Å². The lowest BCUT2D eigenvalue weighted by molar-refractivity contribution is 0.108. The van der Waals surface area contributed by atoms with Gasteiger partial charge in [-0.15, -0.1) is 11.6 Å². The smallest absolute Gasteiger partial charge is 0.253 e. The summed E-state index contributed by atoms with van der Waals surface area (Å²) in [7, 11) is 0. The van der Waals surface area contributed by atoms with Crippen molar-refractivity contribution >= 4 is 40.0 Å². The number of rotatable bonds is 4. The molecule has 0 aliphatic carbocycles. The molecular weight excluding hydrogens is 242 g/mol. The number of halogens is 3. The monoisotopic (exact) mass is 250 g/mol. The third-order valence-electron chi connectivity index (χ3n) is 1.84. The molecule has 0 saturated carbocycles. The van der Waals surface area contributed by atoms with Gasteiger partial charge in [0.05, 0.1) is 10.6 Å². The first-order chi connectivity index (χ1) is 6.65. The Bertz CT molecular complexity index is 336. The lowest BCUT2D eigenvalue weighted by Crippen LogP contribution is -1.93. The Morgan fingerprint density at radius 3 is 2.57 bits per heavy atom. The molecule has 0 aliphatic rings. The Kier molecular flexibility index (Phi) is 4.73. The highest BCUT2D eigenvalue weighted by Gasteiger charge is 2.07. The molecule has 0 spiro atoms. The zero-order valence-electron chi connectivity index (χ0n) is 7.40. The van der Waals surface area contributed by atoms with Crippen molar-refractivity contribution in [3.8, 4) is 0 Å².